The van der Waals surface area contributed by atoms with Gasteiger partial charge in [-0.25, -0.2) is 8.42 Å². The molecule has 1 heterocycles. The van der Waals surface area contributed by atoms with E-state index in [1.807, 2.05) is 61.5 Å². The van der Waals surface area contributed by atoms with Gasteiger partial charge in [-0.05, 0) is 42.3 Å². The Balaban J connectivity index is 1.47. The van der Waals surface area contributed by atoms with Crippen molar-refractivity contribution in [2.75, 3.05) is 24.4 Å². The molecule has 3 aromatic rings. The smallest absolute Gasteiger partial charge is 0.265 e. The highest BCUT2D eigenvalue weighted by atomic mass is 32.2. The fourth-order valence-corrected chi connectivity index (χ4v) is 6.53. The third-order valence-electron chi connectivity index (χ3n) is 6.55. The van der Waals surface area contributed by atoms with Crippen LogP contribution in [0, 0.1) is 0 Å². The molecule has 1 unspecified atom stereocenters. The van der Waals surface area contributed by atoms with Crippen LogP contribution in [0.4, 0.5) is 5.69 Å². The van der Waals surface area contributed by atoms with Crippen LogP contribution in [0.5, 0.6) is 0 Å². The predicted molar refractivity (Wildman–Crippen MR) is 138 cm³/mol. The lowest BCUT2D eigenvalue weighted by Crippen LogP contribution is -2.49. The Kier molecular flexibility index (Phi) is 7.40. The maximum absolute atomic E-state index is 13.3. The van der Waals surface area contributed by atoms with Crippen LogP contribution < -0.4 is 9.62 Å². The molecule has 35 heavy (non-hydrogen) atoms. The second-order valence-electron chi connectivity index (χ2n) is 8.67. The van der Waals surface area contributed by atoms with Crippen molar-refractivity contribution in [1.82, 2.24) is 10.2 Å². The number of carbonyl (C=O) groups is 2. The van der Waals surface area contributed by atoms with E-state index in [1.165, 1.54) is 4.31 Å². The fraction of sp³-hybridized carbons (Fsp3) is 0.333. The average Bonchev–Trinajstić information content (AvgIpc) is 3.09. The summed E-state index contributed by atoms with van der Waals surface area (Å²) in [5.74, 6) is -0.346. The van der Waals surface area contributed by atoms with Gasteiger partial charge in [0, 0.05) is 31.9 Å². The molecule has 184 valence electrons. The summed E-state index contributed by atoms with van der Waals surface area (Å²) in [6.45, 7) is 2.50. The molecule has 0 spiro atoms. The summed E-state index contributed by atoms with van der Waals surface area (Å²) in [7, 11) is -2.09. The highest BCUT2D eigenvalue weighted by molar-refractivity contribution is 7.93. The SMILES string of the molecule is CCC(C(=O)NC)N(CCc1ccccc1)C(=O)CCCN1c2cccc3cccc(c23)S1(=O)=O. The molecule has 8 heteroatoms. The molecule has 0 aliphatic carbocycles. The molecule has 3 aromatic carbocycles. The molecule has 0 fully saturated rings. The van der Waals surface area contributed by atoms with Crippen molar-refractivity contribution >= 4 is 38.3 Å². The highest BCUT2D eigenvalue weighted by Crippen LogP contribution is 2.42. The second kappa shape index (κ2) is 10.5. The second-order valence-corrected chi connectivity index (χ2v) is 10.5. The highest BCUT2D eigenvalue weighted by Gasteiger charge is 2.35. The number of hydrogen-bond acceptors (Lipinski definition) is 4. The maximum atomic E-state index is 13.3. The van der Waals surface area contributed by atoms with Gasteiger partial charge >= 0.3 is 0 Å². The van der Waals surface area contributed by atoms with Crippen molar-refractivity contribution in [2.24, 2.45) is 0 Å². The van der Waals surface area contributed by atoms with Crippen LogP contribution in [0.15, 0.2) is 71.6 Å². The molecule has 1 N–H and O–H groups in total. The van der Waals surface area contributed by atoms with Gasteiger partial charge in [-0.1, -0.05) is 61.5 Å². The Labute approximate surface area is 206 Å². The summed E-state index contributed by atoms with van der Waals surface area (Å²) in [6, 6.07) is 20.1. The van der Waals surface area contributed by atoms with Crippen LogP contribution in [0.2, 0.25) is 0 Å². The van der Waals surface area contributed by atoms with E-state index in [4.69, 9.17) is 0 Å². The molecule has 0 saturated heterocycles. The first-order valence-electron chi connectivity index (χ1n) is 12.0. The first-order chi connectivity index (χ1) is 16.9. The zero-order valence-corrected chi connectivity index (χ0v) is 20.9. The molecule has 1 aliphatic rings. The van der Waals surface area contributed by atoms with Crippen LogP contribution in [-0.2, 0) is 26.0 Å². The van der Waals surface area contributed by atoms with E-state index in [0.29, 0.717) is 36.4 Å². The Hall–Kier alpha value is -3.39. The summed E-state index contributed by atoms with van der Waals surface area (Å²) in [6.07, 6.45) is 1.64. The Bertz CT molecular complexity index is 1320. The largest absolute Gasteiger partial charge is 0.357 e. The van der Waals surface area contributed by atoms with Crippen molar-refractivity contribution in [2.45, 2.75) is 43.5 Å². The van der Waals surface area contributed by atoms with Gasteiger partial charge in [-0.15, -0.1) is 0 Å². The van der Waals surface area contributed by atoms with Crippen molar-refractivity contribution in [3.05, 3.63) is 72.3 Å². The molecule has 0 aromatic heterocycles. The first kappa shape index (κ1) is 24.7. The average molecular weight is 494 g/mol. The number of amides is 2. The van der Waals surface area contributed by atoms with E-state index in [2.05, 4.69) is 5.32 Å². The molecular formula is C27H31N3O4S. The van der Waals surface area contributed by atoms with E-state index in [-0.39, 0.29) is 24.8 Å². The van der Waals surface area contributed by atoms with E-state index in [0.717, 1.165) is 16.3 Å². The number of benzene rings is 3. The van der Waals surface area contributed by atoms with Crippen molar-refractivity contribution in [1.29, 1.82) is 0 Å². The maximum Gasteiger partial charge on any atom is 0.265 e. The lowest BCUT2D eigenvalue weighted by Gasteiger charge is -2.30. The zero-order valence-electron chi connectivity index (χ0n) is 20.1. The molecule has 0 saturated carbocycles. The number of likely N-dealkylation sites (N-methyl/N-ethyl adjacent to an activating group) is 1. The standard InChI is InChI=1S/C27H31N3O4S/c1-3-22(27(32)28-2)29(19-17-20-10-5-4-6-11-20)25(31)16-9-18-30-23-14-7-12-21-13-8-15-24(26(21)23)35(30,33)34/h4-8,10-15,22H,3,9,16-19H2,1-2H3,(H,28,32). The van der Waals surface area contributed by atoms with Gasteiger partial charge in [-0.2, -0.15) is 0 Å². The van der Waals surface area contributed by atoms with Gasteiger partial charge in [-0.3, -0.25) is 13.9 Å². The van der Waals surface area contributed by atoms with Gasteiger partial charge in [0.1, 0.15) is 6.04 Å². The van der Waals surface area contributed by atoms with Crippen LogP contribution in [0.25, 0.3) is 10.8 Å². The van der Waals surface area contributed by atoms with Crippen LogP contribution in [0.3, 0.4) is 0 Å². The van der Waals surface area contributed by atoms with E-state index in [9.17, 15) is 18.0 Å². The summed E-state index contributed by atoms with van der Waals surface area (Å²) >= 11 is 0. The van der Waals surface area contributed by atoms with Gasteiger partial charge in [0.25, 0.3) is 10.0 Å². The summed E-state index contributed by atoms with van der Waals surface area (Å²) < 4.78 is 27.8. The molecule has 1 aliphatic heterocycles. The number of rotatable bonds is 10. The van der Waals surface area contributed by atoms with Gasteiger partial charge in [0.15, 0.2) is 0 Å². The third kappa shape index (κ3) is 4.89. The van der Waals surface area contributed by atoms with Crippen molar-refractivity contribution in [3.63, 3.8) is 0 Å². The number of sulfonamides is 1. The lowest BCUT2D eigenvalue weighted by molar-refractivity contribution is -0.140. The number of nitrogens with one attached hydrogen (secondary N) is 1. The van der Waals surface area contributed by atoms with E-state index in [1.54, 1.807) is 24.1 Å². The predicted octanol–water partition coefficient (Wildman–Crippen LogP) is 3.72. The number of nitrogens with zero attached hydrogens (tertiary/aromatic N) is 2. The minimum Gasteiger partial charge on any atom is -0.357 e. The summed E-state index contributed by atoms with van der Waals surface area (Å²) in [5, 5.41) is 4.28. The Morgan fingerprint density at radius 1 is 1.00 bits per heavy atom. The quantitative estimate of drug-likeness (QED) is 0.466. The summed E-state index contributed by atoms with van der Waals surface area (Å²) in [4.78, 5) is 27.8. The lowest BCUT2D eigenvalue weighted by atomic mass is 10.1. The van der Waals surface area contributed by atoms with Crippen molar-refractivity contribution in [3.8, 4) is 0 Å². The molecule has 1 atom stereocenters. The fourth-order valence-electron chi connectivity index (χ4n) is 4.78. The van der Waals surface area contributed by atoms with Gasteiger partial charge < -0.3 is 10.2 Å². The van der Waals surface area contributed by atoms with Crippen LogP contribution in [0.1, 0.15) is 31.7 Å². The van der Waals surface area contributed by atoms with E-state index < -0.39 is 16.1 Å². The minimum atomic E-state index is -3.66. The monoisotopic (exact) mass is 493 g/mol. The molecule has 4 rings (SSSR count). The van der Waals surface area contributed by atoms with Crippen LogP contribution >= 0.6 is 0 Å². The number of hydrogen-bond donors (Lipinski definition) is 1. The minimum absolute atomic E-state index is 0.149. The Morgan fingerprint density at radius 2 is 1.71 bits per heavy atom. The first-order valence-corrected chi connectivity index (χ1v) is 13.4. The van der Waals surface area contributed by atoms with Gasteiger partial charge in [0.2, 0.25) is 11.8 Å². The van der Waals surface area contributed by atoms with Crippen LogP contribution in [-0.4, -0.2) is 51.3 Å². The third-order valence-corrected chi connectivity index (χ3v) is 8.41. The van der Waals surface area contributed by atoms with E-state index >= 15 is 0 Å². The van der Waals surface area contributed by atoms with Gasteiger partial charge in [0.05, 0.1) is 10.6 Å². The molecule has 0 radical (unpaired) electrons. The molecule has 7 nitrogen and oxygen atoms in total. The normalized spacial score (nSPS) is 14.6. The number of carbonyl (C=O) groups excluding carboxylic acids is 2. The molecule has 2 amide bonds. The molecule has 0 bridgehead atoms. The van der Waals surface area contributed by atoms with Crippen molar-refractivity contribution < 1.29 is 18.0 Å². The summed E-state index contributed by atoms with van der Waals surface area (Å²) in [5.41, 5.74) is 1.74. The number of anilines is 1. The Morgan fingerprint density at radius 3 is 2.40 bits per heavy atom. The molecular weight excluding hydrogens is 462 g/mol. The topological polar surface area (TPSA) is 86.8 Å². The zero-order chi connectivity index (χ0) is 25.0.